The lowest BCUT2D eigenvalue weighted by molar-refractivity contribution is 0.350. The fourth-order valence-corrected chi connectivity index (χ4v) is 3.09. The Kier molecular flexibility index (Phi) is 6.82. The van der Waals surface area contributed by atoms with Gasteiger partial charge in [0.25, 0.3) is 0 Å². The molecular weight excluding hydrogens is 293 g/mol. The van der Waals surface area contributed by atoms with E-state index in [1.54, 1.807) is 6.92 Å². The van der Waals surface area contributed by atoms with Gasteiger partial charge in [0.15, 0.2) is 0 Å². The predicted octanol–water partition coefficient (Wildman–Crippen LogP) is 2.03. The van der Waals surface area contributed by atoms with E-state index in [1.807, 2.05) is 6.92 Å². The molecule has 21 heavy (non-hydrogen) atoms. The van der Waals surface area contributed by atoms with E-state index in [4.69, 9.17) is 5.11 Å². The summed E-state index contributed by atoms with van der Waals surface area (Å²) in [6, 6.07) is 3.34. The summed E-state index contributed by atoms with van der Waals surface area (Å²) in [6.45, 7) is 3.43. The van der Waals surface area contributed by atoms with Crippen LogP contribution in [0.1, 0.15) is 38.7 Å². The molecule has 0 saturated carbocycles. The second kappa shape index (κ2) is 8.13. The van der Waals surface area contributed by atoms with Crippen LogP contribution in [0.15, 0.2) is 23.1 Å². The number of rotatable bonds is 6. The van der Waals surface area contributed by atoms with Gasteiger partial charge in [-0.2, -0.15) is 0 Å². The number of nitrogens with one attached hydrogen (secondary N) is 1. The van der Waals surface area contributed by atoms with Crippen molar-refractivity contribution in [3.63, 3.8) is 0 Å². The molecule has 6 heteroatoms. The van der Waals surface area contributed by atoms with Crippen molar-refractivity contribution >= 4 is 10.0 Å². The van der Waals surface area contributed by atoms with Crippen molar-refractivity contribution < 1.29 is 17.9 Å². The second-order valence-corrected chi connectivity index (χ2v) is 6.48. The number of aliphatic hydroxyl groups is 1. The standard InChI is InChI=1S/C15H20FNO3S/c1-3-4-6-12(2)17-21(19,20)14-9-8-13(7-5-10-18)15(16)11-14/h8-9,11-12,17-18H,3-4,6,10H2,1-2H3. The monoisotopic (exact) mass is 313 g/mol. The average molecular weight is 313 g/mol. The Balaban J connectivity index is 2.91. The lowest BCUT2D eigenvalue weighted by Crippen LogP contribution is -2.32. The minimum atomic E-state index is -3.74. The minimum absolute atomic E-state index is 0.0574. The van der Waals surface area contributed by atoms with E-state index in [0.29, 0.717) is 0 Å². The molecule has 0 aliphatic rings. The van der Waals surface area contributed by atoms with Gasteiger partial charge in [-0.25, -0.2) is 17.5 Å². The van der Waals surface area contributed by atoms with Gasteiger partial charge in [-0.05, 0) is 31.5 Å². The first-order chi connectivity index (χ1) is 9.90. The zero-order valence-corrected chi connectivity index (χ0v) is 13.0. The van der Waals surface area contributed by atoms with Gasteiger partial charge in [-0.15, -0.1) is 0 Å². The number of benzene rings is 1. The zero-order chi connectivity index (χ0) is 15.9. The topological polar surface area (TPSA) is 66.4 Å². The smallest absolute Gasteiger partial charge is 0.240 e. The van der Waals surface area contributed by atoms with Crippen molar-refractivity contribution in [1.82, 2.24) is 4.72 Å². The van der Waals surface area contributed by atoms with Crippen LogP contribution in [0.4, 0.5) is 4.39 Å². The molecule has 0 aromatic heterocycles. The maximum absolute atomic E-state index is 13.8. The van der Waals surface area contributed by atoms with Crippen LogP contribution in [0.5, 0.6) is 0 Å². The quantitative estimate of drug-likeness (QED) is 0.790. The first-order valence-corrected chi connectivity index (χ1v) is 8.30. The van der Waals surface area contributed by atoms with Crippen LogP contribution in [0, 0.1) is 17.7 Å². The van der Waals surface area contributed by atoms with Crippen LogP contribution < -0.4 is 4.72 Å². The average Bonchev–Trinajstić information content (AvgIpc) is 2.43. The van der Waals surface area contributed by atoms with Crippen molar-refractivity contribution in [3.8, 4) is 11.8 Å². The zero-order valence-electron chi connectivity index (χ0n) is 12.2. The van der Waals surface area contributed by atoms with Crippen LogP contribution in [0.25, 0.3) is 0 Å². The molecule has 0 spiro atoms. The molecule has 0 saturated heterocycles. The highest BCUT2D eigenvalue weighted by atomic mass is 32.2. The van der Waals surface area contributed by atoms with Gasteiger partial charge in [0.1, 0.15) is 12.4 Å². The fraction of sp³-hybridized carbons (Fsp3) is 0.467. The van der Waals surface area contributed by atoms with Crippen molar-refractivity contribution in [3.05, 3.63) is 29.6 Å². The van der Waals surface area contributed by atoms with Gasteiger partial charge in [0.2, 0.25) is 10.0 Å². The van der Waals surface area contributed by atoms with Gasteiger partial charge in [0, 0.05) is 6.04 Å². The summed E-state index contributed by atoms with van der Waals surface area (Å²) in [5.74, 6) is 4.02. The molecule has 1 unspecified atom stereocenters. The van der Waals surface area contributed by atoms with E-state index in [0.717, 1.165) is 25.3 Å². The van der Waals surface area contributed by atoms with Crippen LogP contribution in [0.2, 0.25) is 0 Å². The van der Waals surface area contributed by atoms with Crippen LogP contribution in [0.3, 0.4) is 0 Å². The summed E-state index contributed by atoms with van der Waals surface area (Å²) in [5.41, 5.74) is 0.0574. The second-order valence-electron chi connectivity index (χ2n) is 4.77. The molecule has 0 radical (unpaired) electrons. The van der Waals surface area contributed by atoms with Gasteiger partial charge in [0.05, 0.1) is 10.5 Å². The van der Waals surface area contributed by atoms with Crippen molar-refractivity contribution in [2.75, 3.05) is 6.61 Å². The molecule has 1 atom stereocenters. The van der Waals surface area contributed by atoms with Gasteiger partial charge < -0.3 is 5.11 Å². The van der Waals surface area contributed by atoms with Gasteiger partial charge in [-0.3, -0.25) is 0 Å². The Hall–Kier alpha value is -1.42. The van der Waals surface area contributed by atoms with E-state index < -0.39 is 15.8 Å². The van der Waals surface area contributed by atoms with Crippen molar-refractivity contribution in [1.29, 1.82) is 0 Å². The summed E-state index contributed by atoms with van der Waals surface area (Å²) in [6.07, 6.45) is 2.64. The summed E-state index contributed by atoms with van der Waals surface area (Å²) in [4.78, 5) is -0.127. The summed E-state index contributed by atoms with van der Waals surface area (Å²) in [7, 11) is -3.74. The molecule has 1 aromatic carbocycles. The van der Waals surface area contributed by atoms with Crippen molar-refractivity contribution in [2.24, 2.45) is 0 Å². The molecule has 0 bridgehead atoms. The summed E-state index contributed by atoms with van der Waals surface area (Å²) in [5, 5.41) is 8.57. The van der Waals surface area contributed by atoms with Crippen LogP contribution in [-0.4, -0.2) is 26.2 Å². The molecule has 0 aliphatic heterocycles. The maximum atomic E-state index is 13.8. The predicted molar refractivity (Wildman–Crippen MR) is 79.7 cm³/mol. The van der Waals surface area contributed by atoms with Crippen LogP contribution in [-0.2, 0) is 10.0 Å². The lowest BCUT2D eigenvalue weighted by atomic mass is 10.2. The Bertz CT molecular complexity index is 632. The third-order valence-electron chi connectivity index (χ3n) is 2.90. The van der Waals surface area contributed by atoms with Gasteiger partial charge in [-0.1, -0.05) is 31.6 Å². The molecule has 2 N–H and O–H groups in total. The molecule has 4 nitrogen and oxygen atoms in total. The Morgan fingerprint density at radius 2 is 2.14 bits per heavy atom. The number of hydrogen-bond acceptors (Lipinski definition) is 3. The molecule has 116 valence electrons. The van der Waals surface area contributed by atoms with E-state index in [-0.39, 0.29) is 23.1 Å². The van der Waals surface area contributed by atoms with E-state index in [2.05, 4.69) is 16.6 Å². The van der Waals surface area contributed by atoms with Crippen LogP contribution >= 0.6 is 0 Å². The number of hydrogen-bond donors (Lipinski definition) is 2. The lowest BCUT2D eigenvalue weighted by Gasteiger charge is -2.14. The summed E-state index contributed by atoms with van der Waals surface area (Å²) >= 11 is 0. The SMILES string of the molecule is CCCCC(C)NS(=O)(=O)c1ccc(C#CCO)c(F)c1. The number of halogens is 1. The number of unbranched alkanes of at least 4 members (excludes halogenated alkanes) is 1. The third-order valence-corrected chi connectivity index (χ3v) is 4.49. The molecule has 0 aliphatic carbocycles. The molecule has 0 fully saturated rings. The first-order valence-electron chi connectivity index (χ1n) is 6.82. The molecule has 0 heterocycles. The van der Waals surface area contributed by atoms with E-state index in [1.165, 1.54) is 12.1 Å². The van der Waals surface area contributed by atoms with Crippen molar-refractivity contribution in [2.45, 2.75) is 44.0 Å². The highest BCUT2D eigenvalue weighted by Gasteiger charge is 2.18. The largest absolute Gasteiger partial charge is 0.384 e. The molecule has 0 amide bonds. The molecule has 1 rings (SSSR count). The summed E-state index contributed by atoms with van der Waals surface area (Å²) < 4.78 is 40.6. The Morgan fingerprint density at radius 3 is 2.71 bits per heavy atom. The van der Waals surface area contributed by atoms with Gasteiger partial charge >= 0.3 is 0 Å². The third kappa shape index (κ3) is 5.46. The Morgan fingerprint density at radius 1 is 1.43 bits per heavy atom. The van der Waals surface area contributed by atoms with E-state index >= 15 is 0 Å². The first kappa shape index (κ1) is 17.6. The molecule has 1 aromatic rings. The maximum Gasteiger partial charge on any atom is 0.240 e. The minimum Gasteiger partial charge on any atom is -0.384 e. The highest BCUT2D eigenvalue weighted by molar-refractivity contribution is 7.89. The normalized spacial score (nSPS) is 12.6. The highest BCUT2D eigenvalue weighted by Crippen LogP contribution is 2.15. The van der Waals surface area contributed by atoms with E-state index in [9.17, 15) is 12.8 Å². The fourth-order valence-electron chi connectivity index (χ4n) is 1.80. The number of aliphatic hydroxyl groups excluding tert-OH is 1. The Labute approximate surface area is 125 Å². The molecular formula is C15H20FNO3S. The number of sulfonamides is 1.